The van der Waals surface area contributed by atoms with Crippen LogP contribution in [0.3, 0.4) is 0 Å². The number of aryl methyl sites for hydroxylation is 1. The molecule has 0 aliphatic heterocycles. The Kier molecular flexibility index (Phi) is 5.57. The number of hydrogen-bond acceptors (Lipinski definition) is 5. The van der Waals surface area contributed by atoms with Gasteiger partial charge in [-0.2, -0.15) is 4.37 Å². The minimum Gasteiger partial charge on any atom is -0.356 e. The SMILES string of the molecule is CCCCC(CN)Nc1nc(CC)ns1. The van der Waals surface area contributed by atoms with Gasteiger partial charge in [0.25, 0.3) is 0 Å². The van der Waals surface area contributed by atoms with Crippen LogP contribution in [0.1, 0.15) is 38.9 Å². The third-order valence-electron chi connectivity index (χ3n) is 2.30. The van der Waals surface area contributed by atoms with E-state index in [1.54, 1.807) is 0 Å². The quantitative estimate of drug-likeness (QED) is 0.749. The van der Waals surface area contributed by atoms with E-state index in [1.165, 1.54) is 24.4 Å². The summed E-state index contributed by atoms with van der Waals surface area (Å²) in [6, 6.07) is 0.336. The molecule has 1 unspecified atom stereocenters. The number of nitrogens with zero attached hydrogens (tertiary/aromatic N) is 2. The van der Waals surface area contributed by atoms with Gasteiger partial charge >= 0.3 is 0 Å². The van der Waals surface area contributed by atoms with Gasteiger partial charge in [-0.05, 0) is 6.42 Å². The molecule has 4 nitrogen and oxygen atoms in total. The van der Waals surface area contributed by atoms with Crippen molar-refractivity contribution in [1.82, 2.24) is 9.36 Å². The molecule has 3 N–H and O–H groups in total. The molecular weight excluding hydrogens is 208 g/mol. The number of aromatic nitrogens is 2. The van der Waals surface area contributed by atoms with Crippen molar-refractivity contribution in [3.63, 3.8) is 0 Å². The monoisotopic (exact) mass is 228 g/mol. The number of hydrogen-bond donors (Lipinski definition) is 2. The van der Waals surface area contributed by atoms with Gasteiger partial charge in [0.05, 0.1) is 0 Å². The van der Waals surface area contributed by atoms with E-state index in [0.717, 1.165) is 23.8 Å². The molecule has 0 aliphatic carbocycles. The van der Waals surface area contributed by atoms with E-state index in [-0.39, 0.29) is 0 Å². The Morgan fingerprint density at radius 2 is 2.27 bits per heavy atom. The first-order valence-electron chi connectivity index (χ1n) is 5.59. The van der Waals surface area contributed by atoms with Crippen LogP contribution < -0.4 is 11.1 Å². The molecule has 0 aromatic carbocycles. The van der Waals surface area contributed by atoms with Crippen molar-refractivity contribution in [3.8, 4) is 0 Å². The van der Waals surface area contributed by atoms with E-state index in [2.05, 4.69) is 28.5 Å². The predicted octanol–water partition coefficient (Wildman–Crippen LogP) is 2.03. The largest absolute Gasteiger partial charge is 0.356 e. The maximum atomic E-state index is 5.69. The average molecular weight is 228 g/mol. The Morgan fingerprint density at radius 3 is 2.80 bits per heavy atom. The summed E-state index contributed by atoms with van der Waals surface area (Å²) in [5.41, 5.74) is 5.69. The molecule has 5 heteroatoms. The Balaban J connectivity index is 2.43. The first-order chi connectivity index (χ1) is 7.30. The Morgan fingerprint density at radius 1 is 1.47 bits per heavy atom. The van der Waals surface area contributed by atoms with Gasteiger partial charge in [-0.25, -0.2) is 4.98 Å². The molecule has 0 amide bonds. The fourth-order valence-electron chi connectivity index (χ4n) is 1.33. The highest BCUT2D eigenvalue weighted by atomic mass is 32.1. The van der Waals surface area contributed by atoms with Crippen LogP contribution >= 0.6 is 11.5 Å². The Bertz CT molecular complexity index is 274. The molecule has 86 valence electrons. The lowest BCUT2D eigenvalue weighted by Crippen LogP contribution is -2.28. The van der Waals surface area contributed by atoms with E-state index >= 15 is 0 Å². The molecule has 0 spiro atoms. The summed E-state index contributed by atoms with van der Waals surface area (Å²) in [7, 11) is 0. The molecular formula is C10H20N4S. The van der Waals surface area contributed by atoms with Gasteiger partial charge in [0.2, 0.25) is 5.13 Å². The first-order valence-corrected chi connectivity index (χ1v) is 6.36. The van der Waals surface area contributed by atoms with Gasteiger partial charge in [0.15, 0.2) is 0 Å². The smallest absolute Gasteiger partial charge is 0.202 e. The standard InChI is InChI=1S/C10H20N4S/c1-3-5-6-8(7-11)12-10-13-9(4-2)14-15-10/h8H,3-7,11H2,1-2H3,(H,12,13,14). The maximum Gasteiger partial charge on any atom is 0.202 e. The number of unbranched alkanes of at least 4 members (excludes halogenated alkanes) is 1. The molecule has 0 radical (unpaired) electrons. The molecule has 15 heavy (non-hydrogen) atoms. The lowest BCUT2D eigenvalue weighted by Gasteiger charge is -2.14. The highest BCUT2D eigenvalue weighted by molar-refractivity contribution is 7.09. The lowest BCUT2D eigenvalue weighted by molar-refractivity contribution is 0.613. The Hall–Kier alpha value is -0.680. The van der Waals surface area contributed by atoms with E-state index in [1.807, 2.05) is 0 Å². The molecule has 0 saturated heterocycles. The number of anilines is 1. The topological polar surface area (TPSA) is 63.8 Å². The summed E-state index contributed by atoms with van der Waals surface area (Å²) in [6.07, 6.45) is 4.40. The van der Waals surface area contributed by atoms with Crippen LogP contribution in [0.15, 0.2) is 0 Å². The molecule has 1 aromatic rings. The third kappa shape index (κ3) is 4.13. The molecule has 1 rings (SSSR count). The van der Waals surface area contributed by atoms with Crippen LogP contribution in [0.5, 0.6) is 0 Å². The normalized spacial score (nSPS) is 12.7. The van der Waals surface area contributed by atoms with Crippen molar-refractivity contribution in [1.29, 1.82) is 0 Å². The Labute approximate surface area is 95.5 Å². The van der Waals surface area contributed by atoms with Crippen molar-refractivity contribution in [2.45, 2.75) is 45.6 Å². The zero-order valence-corrected chi connectivity index (χ0v) is 10.3. The minimum absolute atomic E-state index is 0.336. The summed E-state index contributed by atoms with van der Waals surface area (Å²) >= 11 is 1.42. The van der Waals surface area contributed by atoms with Gasteiger partial charge in [0, 0.05) is 30.5 Å². The molecule has 1 aromatic heterocycles. The first kappa shape index (κ1) is 12.4. The van der Waals surface area contributed by atoms with E-state index in [9.17, 15) is 0 Å². The molecule has 1 atom stereocenters. The average Bonchev–Trinajstić information content (AvgIpc) is 2.71. The summed E-state index contributed by atoms with van der Waals surface area (Å²) in [5, 5.41) is 4.24. The number of rotatable bonds is 7. The second kappa shape index (κ2) is 6.74. The summed E-state index contributed by atoms with van der Waals surface area (Å²) in [5.74, 6) is 0.911. The van der Waals surface area contributed by atoms with Crippen LogP contribution in [0.2, 0.25) is 0 Å². The summed E-state index contributed by atoms with van der Waals surface area (Å²) < 4.78 is 4.23. The van der Waals surface area contributed by atoms with Gasteiger partial charge < -0.3 is 11.1 Å². The predicted molar refractivity (Wildman–Crippen MR) is 65.3 cm³/mol. The molecule has 1 heterocycles. The van der Waals surface area contributed by atoms with Gasteiger partial charge in [-0.1, -0.05) is 26.7 Å². The maximum absolute atomic E-state index is 5.69. The molecule has 0 fully saturated rings. The van der Waals surface area contributed by atoms with Crippen molar-refractivity contribution >= 4 is 16.7 Å². The molecule has 0 aliphatic rings. The van der Waals surface area contributed by atoms with Crippen molar-refractivity contribution in [3.05, 3.63) is 5.82 Å². The van der Waals surface area contributed by atoms with Gasteiger partial charge in [-0.15, -0.1) is 0 Å². The van der Waals surface area contributed by atoms with Crippen molar-refractivity contribution < 1.29 is 0 Å². The number of nitrogens with one attached hydrogen (secondary N) is 1. The van der Waals surface area contributed by atoms with Gasteiger partial charge in [0.1, 0.15) is 5.82 Å². The molecule has 0 bridgehead atoms. The van der Waals surface area contributed by atoms with E-state index in [0.29, 0.717) is 12.6 Å². The third-order valence-corrected chi connectivity index (χ3v) is 2.99. The fraction of sp³-hybridized carbons (Fsp3) is 0.800. The van der Waals surface area contributed by atoms with Crippen LogP contribution in [0.4, 0.5) is 5.13 Å². The van der Waals surface area contributed by atoms with Crippen LogP contribution in [-0.2, 0) is 6.42 Å². The van der Waals surface area contributed by atoms with Crippen LogP contribution in [0.25, 0.3) is 0 Å². The zero-order valence-electron chi connectivity index (χ0n) is 9.49. The van der Waals surface area contributed by atoms with Crippen LogP contribution in [-0.4, -0.2) is 21.9 Å². The van der Waals surface area contributed by atoms with Crippen molar-refractivity contribution in [2.24, 2.45) is 5.73 Å². The van der Waals surface area contributed by atoms with E-state index < -0.39 is 0 Å². The van der Waals surface area contributed by atoms with Crippen LogP contribution in [0, 0.1) is 0 Å². The van der Waals surface area contributed by atoms with E-state index in [4.69, 9.17) is 5.73 Å². The lowest BCUT2D eigenvalue weighted by atomic mass is 10.1. The highest BCUT2D eigenvalue weighted by Crippen LogP contribution is 2.14. The second-order valence-corrected chi connectivity index (χ2v) is 4.34. The minimum atomic E-state index is 0.336. The summed E-state index contributed by atoms with van der Waals surface area (Å²) in [4.78, 5) is 4.37. The fourth-order valence-corrected chi connectivity index (χ4v) is 2.06. The van der Waals surface area contributed by atoms with Gasteiger partial charge in [-0.3, -0.25) is 0 Å². The summed E-state index contributed by atoms with van der Waals surface area (Å²) in [6.45, 7) is 4.90. The highest BCUT2D eigenvalue weighted by Gasteiger charge is 2.08. The zero-order chi connectivity index (χ0) is 11.1. The molecule has 0 saturated carbocycles. The van der Waals surface area contributed by atoms with Crippen molar-refractivity contribution in [2.75, 3.05) is 11.9 Å². The second-order valence-electron chi connectivity index (χ2n) is 3.59. The number of nitrogens with two attached hydrogens (primary N) is 1.